The van der Waals surface area contributed by atoms with Crippen LogP contribution in [0, 0.1) is 0 Å². The van der Waals surface area contributed by atoms with Crippen molar-refractivity contribution in [2.45, 2.75) is 31.6 Å². The fourth-order valence-corrected chi connectivity index (χ4v) is 3.10. The number of esters is 1. The van der Waals surface area contributed by atoms with Crippen LogP contribution >= 0.6 is 24.0 Å². The van der Waals surface area contributed by atoms with Crippen LogP contribution < -0.4 is 10.6 Å². The van der Waals surface area contributed by atoms with Crippen LogP contribution in [0.25, 0.3) is 0 Å². The highest BCUT2D eigenvalue weighted by Gasteiger charge is 2.14. The van der Waals surface area contributed by atoms with Gasteiger partial charge >= 0.3 is 5.97 Å². The summed E-state index contributed by atoms with van der Waals surface area (Å²) in [5, 5.41) is 6.80. The first kappa shape index (κ1) is 24.9. The van der Waals surface area contributed by atoms with Crippen molar-refractivity contribution in [3.05, 3.63) is 71.8 Å². The molecule has 0 atom stereocenters. The Morgan fingerprint density at radius 3 is 2.03 bits per heavy atom. The standard InChI is InChI=1S/C23H31N3O2.HI/c1-24-23(25-17-11-5-10-16-22(27)28-2)26-18-21(19-12-6-3-7-13-19)20-14-8-4-9-15-20;/h3-4,6-9,12-15,21H,5,10-11,16-18H2,1-2H3,(H2,24,25,26);1H. The molecule has 29 heavy (non-hydrogen) atoms. The van der Waals surface area contributed by atoms with Crippen LogP contribution in [0.3, 0.4) is 0 Å². The highest BCUT2D eigenvalue weighted by Crippen LogP contribution is 2.23. The summed E-state index contributed by atoms with van der Waals surface area (Å²) in [4.78, 5) is 15.4. The number of rotatable bonds is 10. The average Bonchev–Trinajstić information content (AvgIpc) is 2.76. The van der Waals surface area contributed by atoms with Crippen molar-refractivity contribution in [3.63, 3.8) is 0 Å². The number of halogens is 1. The van der Waals surface area contributed by atoms with Crippen molar-refractivity contribution < 1.29 is 9.53 Å². The molecule has 0 heterocycles. The second kappa shape index (κ2) is 14.8. The van der Waals surface area contributed by atoms with E-state index in [9.17, 15) is 4.79 Å². The van der Waals surface area contributed by atoms with E-state index in [1.54, 1.807) is 7.05 Å². The van der Waals surface area contributed by atoms with Gasteiger partial charge in [0.1, 0.15) is 0 Å². The van der Waals surface area contributed by atoms with E-state index in [1.165, 1.54) is 18.2 Å². The van der Waals surface area contributed by atoms with Gasteiger partial charge in [0.2, 0.25) is 0 Å². The summed E-state index contributed by atoms with van der Waals surface area (Å²) in [6, 6.07) is 21.0. The maximum absolute atomic E-state index is 11.1. The number of methoxy groups -OCH3 is 1. The molecule has 0 radical (unpaired) electrons. The van der Waals surface area contributed by atoms with Crippen LogP contribution in [0.4, 0.5) is 0 Å². The van der Waals surface area contributed by atoms with E-state index in [1.807, 2.05) is 12.1 Å². The molecule has 2 rings (SSSR count). The Balaban J connectivity index is 0.00000420. The van der Waals surface area contributed by atoms with Crippen LogP contribution in [-0.4, -0.2) is 39.2 Å². The van der Waals surface area contributed by atoms with Gasteiger partial charge in [-0.2, -0.15) is 0 Å². The van der Waals surface area contributed by atoms with Crippen LogP contribution in [-0.2, 0) is 9.53 Å². The normalized spacial score (nSPS) is 10.9. The summed E-state index contributed by atoms with van der Waals surface area (Å²) in [5.41, 5.74) is 2.55. The molecule has 0 amide bonds. The molecular formula is C23H32IN3O2. The number of carbonyl (C=O) groups is 1. The smallest absolute Gasteiger partial charge is 0.305 e. The van der Waals surface area contributed by atoms with Gasteiger partial charge in [0.15, 0.2) is 5.96 Å². The van der Waals surface area contributed by atoms with Crippen molar-refractivity contribution in [1.82, 2.24) is 10.6 Å². The number of ether oxygens (including phenoxy) is 1. The first-order valence-electron chi connectivity index (χ1n) is 9.85. The molecule has 0 fully saturated rings. The zero-order valence-corrected chi connectivity index (χ0v) is 19.6. The third-order valence-electron chi connectivity index (χ3n) is 4.68. The van der Waals surface area contributed by atoms with E-state index in [4.69, 9.17) is 0 Å². The second-order valence-electron chi connectivity index (χ2n) is 6.64. The number of hydrogen-bond acceptors (Lipinski definition) is 3. The number of unbranched alkanes of at least 4 members (excludes halogenated alkanes) is 2. The van der Waals surface area contributed by atoms with Gasteiger partial charge < -0.3 is 15.4 Å². The number of aliphatic imine (C=N–C) groups is 1. The summed E-state index contributed by atoms with van der Waals surface area (Å²) in [6.45, 7) is 1.58. The van der Waals surface area contributed by atoms with Crippen molar-refractivity contribution >= 4 is 35.9 Å². The van der Waals surface area contributed by atoms with Gasteiger partial charge in [-0.15, -0.1) is 24.0 Å². The molecule has 2 aromatic rings. The second-order valence-corrected chi connectivity index (χ2v) is 6.64. The molecule has 0 aliphatic heterocycles. The fraction of sp³-hybridized carbons (Fsp3) is 0.391. The molecule has 2 N–H and O–H groups in total. The van der Waals surface area contributed by atoms with Gasteiger partial charge in [0.25, 0.3) is 0 Å². The molecule has 0 saturated heterocycles. The van der Waals surface area contributed by atoms with Gasteiger partial charge in [-0.1, -0.05) is 67.1 Å². The molecule has 0 aromatic heterocycles. The first-order chi connectivity index (χ1) is 13.7. The predicted octanol–water partition coefficient (Wildman–Crippen LogP) is 4.33. The maximum atomic E-state index is 11.1. The number of hydrogen-bond donors (Lipinski definition) is 2. The number of carbonyl (C=O) groups excluding carboxylic acids is 1. The molecule has 2 aromatic carbocycles. The van der Waals surface area contributed by atoms with Gasteiger partial charge in [0.05, 0.1) is 7.11 Å². The van der Waals surface area contributed by atoms with E-state index >= 15 is 0 Å². The van der Waals surface area contributed by atoms with Crippen molar-refractivity contribution in [3.8, 4) is 0 Å². The zero-order chi connectivity index (χ0) is 20.0. The van der Waals surface area contributed by atoms with Crippen molar-refractivity contribution in [2.75, 3.05) is 27.2 Å². The molecule has 0 spiro atoms. The topological polar surface area (TPSA) is 62.7 Å². The number of nitrogens with one attached hydrogen (secondary N) is 2. The molecule has 0 aliphatic rings. The van der Waals surface area contributed by atoms with E-state index in [-0.39, 0.29) is 35.9 Å². The molecular weight excluding hydrogens is 477 g/mol. The molecule has 0 aliphatic carbocycles. The van der Waals surface area contributed by atoms with E-state index < -0.39 is 0 Å². The lowest BCUT2D eigenvalue weighted by atomic mass is 9.91. The SMILES string of the molecule is CN=C(NCCCCCC(=O)OC)NCC(c1ccccc1)c1ccccc1.I. The summed E-state index contributed by atoms with van der Waals surface area (Å²) in [7, 11) is 3.21. The Hall–Kier alpha value is -2.09. The van der Waals surface area contributed by atoms with Crippen LogP contribution in [0.1, 0.15) is 42.7 Å². The maximum Gasteiger partial charge on any atom is 0.305 e. The lowest BCUT2D eigenvalue weighted by molar-refractivity contribution is -0.140. The predicted molar refractivity (Wildman–Crippen MR) is 130 cm³/mol. The largest absolute Gasteiger partial charge is 0.469 e. The van der Waals surface area contributed by atoms with Gasteiger partial charge in [-0.3, -0.25) is 9.79 Å². The highest BCUT2D eigenvalue weighted by atomic mass is 127. The monoisotopic (exact) mass is 509 g/mol. The fourth-order valence-electron chi connectivity index (χ4n) is 3.10. The van der Waals surface area contributed by atoms with Crippen LogP contribution in [0.5, 0.6) is 0 Å². The summed E-state index contributed by atoms with van der Waals surface area (Å²) >= 11 is 0. The van der Waals surface area contributed by atoms with E-state index in [0.29, 0.717) is 6.42 Å². The van der Waals surface area contributed by atoms with Crippen LogP contribution in [0.15, 0.2) is 65.7 Å². The lowest BCUT2D eigenvalue weighted by Crippen LogP contribution is -2.40. The van der Waals surface area contributed by atoms with Crippen molar-refractivity contribution in [1.29, 1.82) is 0 Å². The Labute approximate surface area is 191 Å². The summed E-state index contributed by atoms with van der Waals surface area (Å²) in [6.07, 6.45) is 3.30. The Bertz CT molecular complexity index is 684. The minimum atomic E-state index is -0.140. The minimum Gasteiger partial charge on any atom is -0.469 e. The summed E-state index contributed by atoms with van der Waals surface area (Å²) < 4.78 is 4.66. The molecule has 158 valence electrons. The van der Waals surface area contributed by atoms with E-state index in [0.717, 1.165) is 38.3 Å². The third kappa shape index (κ3) is 9.30. The quantitative estimate of drug-likeness (QED) is 0.165. The Morgan fingerprint density at radius 1 is 0.931 bits per heavy atom. The van der Waals surface area contributed by atoms with Gasteiger partial charge in [0, 0.05) is 32.5 Å². The Morgan fingerprint density at radius 2 is 1.52 bits per heavy atom. The molecule has 0 unspecified atom stereocenters. The molecule has 0 bridgehead atoms. The summed E-state index contributed by atoms with van der Waals surface area (Å²) in [5.74, 6) is 0.907. The number of benzene rings is 2. The van der Waals surface area contributed by atoms with Crippen LogP contribution in [0.2, 0.25) is 0 Å². The molecule has 0 saturated carbocycles. The third-order valence-corrected chi connectivity index (χ3v) is 4.68. The lowest BCUT2D eigenvalue weighted by Gasteiger charge is -2.20. The highest BCUT2D eigenvalue weighted by molar-refractivity contribution is 14.0. The number of nitrogens with zero attached hydrogens (tertiary/aromatic N) is 1. The molecule has 6 heteroatoms. The minimum absolute atomic E-state index is 0. The zero-order valence-electron chi connectivity index (χ0n) is 17.3. The number of guanidine groups is 1. The van der Waals surface area contributed by atoms with Gasteiger partial charge in [-0.05, 0) is 24.0 Å². The first-order valence-corrected chi connectivity index (χ1v) is 9.85. The Kier molecular flexibility index (Phi) is 12.8. The van der Waals surface area contributed by atoms with Gasteiger partial charge in [-0.25, -0.2) is 0 Å². The average molecular weight is 509 g/mol. The van der Waals surface area contributed by atoms with Crippen molar-refractivity contribution in [2.24, 2.45) is 4.99 Å². The molecule has 5 nitrogen and oxygen atoms in total. The van der Waals surface area contributed by atoms with E-state index in [2.05, 4.69) is 68.9 Å².